The van der Waals surface area contributed by atoms with Crippen molar-refractivity contribution in [3.63, 3.8) is 0 Å². The summed E-state index contributed by atoms with van der Waals surface area (Å²) in [5, 5.41) is 6.60. The first-order valence-electron chi connectivity index (χ1n) is 3.86. The highest BCUT2D eigenvalue weighted by Gasteiger charge is 2.15. The molecule has 2 N–H and O–H groups in total. The molecule has 2 aliphatic heterocycles. The van der Waals surface area contributed by atoms with Gasteiger partial charge in [-0.1, -0.05) is 0 Å². The Kier molecular flexibility index (Phi) is 1.51. The number of hydrogen-bond donors (Lipinski definition) is 2. The number of nitrogens with one attached hydrogen (secondary N) is 2. The topological polar surface area (TPSA) is 27.3 Å². The average Bonchev–Trinajstić information content (AvgIpc) is 2.28. The van der Waals surface area contributed by atoms with Crippen molar-refractivity contribution in [1.82, 2.24) is 15.5 Å². The van der Waals surface area contributed by atoms with E-state index in [4.69, 9.17) is 0 Å². The molecule has 0 aliphatic carbocycles. The lowest BCUT2D eigenvalue weighted by atomic mass is 10.4. The zero-order chi connectivity index (χ0) is 6.81. The second-order valence-corrected chi connectivity index (χ2v) is 2.72. The van der Waals surface area contributed by atoms with Crippen LogP contribution in [0.5, 0.6) is 0 Å². The normalized spacial score (nSPS) is 24.8. The Morgan fingerprint density at radius 2 is 2.40 bits per heavy atom. The standard InChI is InChI=1S/C7H13N3/c1-2-7-9-6-8-3-5-10(7)4-1/h2,8-9H,1,3-6H2. The van der Waals surface area contributed by atoms with E-state index in [9.17, 15) is 0 Å². The van der Waals surface area contributed by atoms with E-state index in [-0.39, 0.29) is 0 Å². The molecule has 3 nitrogen and oxygen atoms in total. The Morgan fingerprint density at radius 3 is 3.40 bits per heavy atom. The maximum absolute atomic E-state index is 3.32. The molecule has 0 spiro atoms. The summed E-state index contributed by atoms with van der Waals surface area (Å²) in [6.45, 7) is 4.37. The van der Waals surface area contributed by atoms with Gasteiger partial charge in [0.15, 0.2) is 0 Å². The summed E-state index contributed by atoms with van der Waals surface area (Å²) < 4.78 is 0. The Labute approximate surface area is 61.1 Å². The van der Waals surface area contributed by atoms with E-state index in [1.165, 1.54) is 18.8 Å². The van der Waals surface area contributed by atoms with Gasteiger partial charge >= 0.3 is 0 Å². The maximum atomic E-state index is 3.32. The van der Waals surface area contributed by atoms with Gasteiger partial charge in [-0.25, -0.2) is 0 Å². The zero-order valence-corrected chi connectivity index (χ0v) is 6.06. The van der Waals surface area contributed by atoms with E-state index >= 15 is 0 Å². The van der Waals surface area contributed by atoms with Crippen LogP contribution in [-0.2, 0) is 0 Å². The van der Waals surface area contributed by atoms with Crippen molar-refractivity contribution < 1.29 is 0 Å². The molecule has 3 heteroatoms. The monoisotopic (exact) mass is 139 g/mol. The van der Waals surface area contributed by atoms with Gasteiger partial charge in [-0.2, -0.15) is 0 Å². The third-order valence-corrected chi connectivity index (χ3v) is 2.03. The Hall–Kier alpha value is -0.700. The number of hydrogen-bond acceptors (Lipinski definition) is 3. The van der Waals surface area contributed by atoms with Crippen molar-refractivity contribution in [2.75, 3.05) is 26.3 Å². The van der Waals surface area contributed by atoms with E-state index in [1.54, 1.807) is 0 Å². The minimum absolute atomic E-state index is 0.919. The quantitative estimate of drug-likeness (QED) is 0.482. The maximum Gasteiger partial charge on any atom is 0.0982 e. The smallest absolute Gasteiger partial charge is 0.0982 e. The fourth-order valence-electron chi connectivity index (χ4n) is 1.48. The molecule has 0 unspecified atom stereocenters. The third-order valence-electron chi connectivity index (χ3n) is 2.03. The second-order valence-electron chi connectivity index (χ2n) is 2.72. The summed E-state index contributed by atoms with van der Waals surface area (Å²) in [7, 11) is 0. The van der Waals surface area contributed by atoms with Crippen LogP contribution in [0.4, 0.5) is 0 Å². The first kappa shape index (κ1) is 6.04. The predicted molar refractivity (Wildman–Crippen MR) is 40.3 cm³/mol. The van der Waals surface area contributed by atoms with Crippen molar-refractivity contribution in [3.8, 4) is 0 Å². The molecule has 0 saturated carbocycles. The van der Waals surface area contributed by atoms with Crippen LogP contribution in [0.25, 0.3) is 0 Å². The molecule has 0 radical (unpaired) electrons. The lowest BCUT2D eigenvalue weighted by Crippen LogP contribution is -2.27. The lowest BCUT2D eigenvalue weighted by Gasteiger charge is -2.18. The SMILES string of the molecule is C1=C2NCNCCN2CC1. The molecule has 56 valence electrons. The van der Waals surface area contributed by atoms with Crippen LogP contribution >= 0.6 is 0 Å². The van der Waals surface area contributed by atoms with Gasteiger partial charge in [0.25, 0.3) is 0 Å². The number of fused-ring (bicyclic) bond motifs is 1. The first-order valence-corrected chi connectivity index (χ1v) is 3.86. The summed E-state index contributed by atoms with van der Waals surface area (Å²) in [5.41, 5.74) is 0. The summed E-state index contributed by atoms with van der Waals surface area (Å²) in [6, 6.07) is 0. The van der Waals surface area contributed by atoms with Crippen LogP contribution < -0.4 is 10.6 Å². The molecular formula is C7H13N3. The Morgan fingerprint density at radius 1 is 1.40 bits per heavy atom. The first-order chi connectivity index (χ1) is 4.97. The molecule has 0 bridgehead atoms. The van der Waals surface area contributed by atoms with Gasteiger partial charge in [-0.15, -0.1) is 0 Å². The molecule has 0 aromatic carbocycles. The Balaban J connectivity index is 2.06. The minimum Gasteiger partial charge on any atom is -0.359 e. The minimum atomic E-state index is 0.919. The fraction of sp³-hybridized carbons (Fsp3) is 0.714. The highest BCUT2D eigenvalue weighted by atomic mass is 15.3. The van der Waals surface area contributed by atoms with Gasteiger partial charge in [0.05, 0.1) is 12.5 Å². The number of nitrogens with zero attached hydrogens (tertiary/aromatic N) is 1. The van der Waals surface area contributed by atoms with E-state index in [0.29, 0.717) is 0 Å². The summed E-state index contributed by atoms with van der Waals surface area (Å²) in [4.78, 5) is 2.39. The van der Waals surface area contributed by atoms with Crippen molar-refractivity contribution >= 4 is 0 Å². The molecule has 1 fully saturated rings. The molecule has 0 amide bonds. The highest BCUT2D eigenvalue weighted by molar-refractivity contribution is 5.06. The van der Waals surface area contributed by atoms with Crippen LogP contribution in [0.1, 0.15) is 6.42 Å². The van der Waals surface area contributed by atoms with E-state index < -0.39 is 0 Å². The molecule has 0 aromatic rings. The summed E-state index contributed by atoms with van der Waals surface area (Å²) in [5.74, 6) is 1.32. The Bertz CT molecular complexity index is 153. The van der Waals surface area contributed by atoms with Crippen molar-refractivity contribution in [2.24, 2.45) is 0 Å². The molecule has 0 aromatic heterocycles. The summed E-state index contributed by atoms with van der Waals surface area (Å²) >= 11 is 0. The lowest BCUT2D eigenvalue weighted by molar-refractivity contribution is 0.377. The van der Waals surface area contributed by atoms with Crippen molar-refractivity contribution in [3.05, 3.63) is 11.9 Å². The van der Waals surface area contributed by atoms with Crippen molar-refractivity contribution in [1.29, 1.82) is 0 Å². The molecule has 2 aliphatic rings. The van der Waals surface area contributed by atoms with Crippen LogP contribution in [0.15, 0.2) is 11.9 Å². The fourth-order valence-corrected chi connectivity index (χ4v) is 1.48. The third kappa shape index (κ3) is 0.968. The summed E-state index contributed by atoms with van der Waals surface area (Å²) in [6.07, 6.45) is 3.48. The van der Waals surface area contributed by atoms with Gasteiger partial charge in [0.1, 0.15) is 0 Å². The predicted octanol–water partition coefficient (Wildman–Crippen LogP) is -0.316. The van der Waals surface area contributed by atoms with Crippen LogP contribution in [0, 0.1) is 0 Å². The second kappa shape index (κ2) is 2.50. The highest BCUT2D eigenvalue weighted by Crippen LogP contribution is 2.11. The van der Waals surface area contributed by atoms with Gasteiger partial charge in [0.2, 0.25) is 0 Å². The number of rotatable bonds is 0. The van der Waals surface area contributed by atoms with Gasteiger partial charge in [-0.3, -0.25) is 5.32 Å². The largest absolute Gasteiger partial charge is 0.359 e. The van der Waals surface area contributed by atoms with Crippen molar-refractivity contribution in [2.45, 2.75) is 6.42 Å². The van der Waals surface area contributed by atoms with Gasteiger partial charge < -0.3 is 10.2 Å². The molecular weight excluding hydrogens is 126 g/mol. The van der Waals surface area contributed by atoms with E-state index in [0.717, 1.165) is 19.8 Å². The average molecular weight is 139 g/mol. The van der Waals surface area contributed by atoms with E-state index in [2.05, 4.69) is 21.6 Å². The van der Waals surface area contributed by atoms with E-state index in [1.807, 2.05) is 0 Å². The molecule has 2 heterocycles. The van der Waals surface area contributed by atoms with Gasteiger partial charge in [0, 0.05) is 19.6 Å². The molecule has 0 atom stereocenters. The van der Waals surface area contributed by atoms with Crippen LogP contribution in [0.3, 0.4) is 0 Å². The molecule has 1 saturated heterocycles. The molecule has 10 heavy (non-hydrogen) atoms. The zero-order valence-electron chi connectivity index (χ0n) is 6.06. The van der Waals surface area contributed by atoms with Gasteiger partial charge in [-0.05, 0) is 12.5 Å². The van der Waals surface area contributed by atoms with Crippen LogP contribution in [0.2, 0.25) is 0 Å². The van der Waals surface area contributed by atoms with Crippen LogP contribution in [-0.4, -0.2) is 31.2 Å². The molecule has 2 rings (SSSR count).